The number of Topliss-reactive ketones (excluding diaryl/α,β-unsaturated/α-hetero) is 1. The fourth-order valence-electron chi connectivity index (χ4n) is 7.07. The van der Waals surface area contributed by atoms with Crippen molar-refractivity contribution in [1.29, 1.82) is 0 Å². The van der Waals surface area contributed by atoms with Crippen molar-refractivity contribution >= 4 is 11.8 Å². The number of hydrogen-bond acceptors (Lipinski definition) is 3. The fraction of sp³-hybridized carbons (Fsp3) is 0.818. The molecule has 0 radical (unpaired) electrons. The number of fused-ring (bicyclic) bond motifs is 5. The van der Waals surface area contributed by atoms with Crippen LogP contribution in [0.5, 0.6) is 0 Å². The van der Waals surface area contributed by atoms with E-state index < -0.39 is 0 Å². The van der Waals surface area contributed by atoms with Crippen LogP contribution in [0.2, 0.25) is 0 Å². The predicted octanol–water partition coefficient (Wildman–Crippen LogP) is 4.70. The Bertz CT molecular complexity index is 635. The first kappa shape index (κ1) is 17.3. The van der Waals surface area contributed by atoms with Gasteiger partial charge in [-0.2, -0.15) is 0 Å². The molecule has 0 unspecified atom stereocenters. The highest BCUT2D eigenvalue weighted by Gasteiger charge is 2.60. The summed E-state index contributed by atoms with van der Waals surface area (Å²) in [6.45, 7) is 8.34. The van der Waals surface area contributed by atoms with E-state index in [2.05, 4.69) is 26.8 Å². The average Bonchev–Trinajstić information content (AvgIpc) is 2.78. The van der Waals surface area contributed by atoms with Gasteiger partial charge in [0.2, 0.25) is 0 Å². The quantitative estimate of drug-likeness (QED) is 0.512. The van der Waals surface area contributed by atoms with Crippen LogP contribution in [0, 0.1) is 34.5 Å². The summed E-state index contributed by atoms with van der Waals surface area (Å²) in [5.74, 6) is 2.53. The lowest BCUT2D eigenvalue weighted by molar-refractivity contribution is -0.148. The Hall–Kier alpha value is -1.12. The number of ether oxygens (including phenoxy) is 1. The third-order valence-electron chi connectivity index (χ3n) is 8.40. The van der Waals surface area contributed by atoms with Crippen LogP contribution in [0.3, 0.4) is 0 Å². The first-order valence-electron chi connectivity index (χ1n) is 10.2. The molecule has 0 aliphatic heterocycles. The van der Waals surface area contributed by atoms with Gasteiger partial charge in [-0.3, -0.25) is 9.59 Å². The van der Waals surface area contributed by atoms with Crippen LogP contribution in [0.4, 0.5) is 0 Å². The monoisotopic (exact) mass is 344 g/mol. The number of carbonyl (C=O) groups excluding carboxylic acids is 2. The highest BCUT2D eigenvalue weighted by Crippen LogP contribution is 2.64. The van der Waals surface area contributed by atoms with Crippen LogP contribution in [0.1, 0.15) is 72.6 Å². The van der Waals surface area contributed by atoms with Crippen LogP contribution in [0.15, 0.2) is 11.6 Å². The predicted molar refractivity (Wildman–Crippen MR) is 96.8 cm³/mol. The fourth-order valence-corrected chi connectivity index (χ4v) is 7.07. The van der Waals surface area contributed by atoms with E-state index >= 15 is 0 Å². The SMILES string of the molecule is CC(=O)O[C@H]1CC[C@@]2(C)C(=CC[C@@H]3[C@H]4C[C@H](C)C(=O)[C@]4(C)CC[C@H]32)C1. The van der Waals surface area contributed by atoms with Crippen molar-refractivity contribution < 1.29 is 14.3 Å². The molecule has 0 saturated heterocycles. The molecule has 0 heterocycles. The summed E-state index contributed by atoms with van der Waals surface area (Å²) in [5, 5.41) is 0. The maximum Gasteiger partial charge on any atom is 0.302 e. The Morgan fingerprint density at radius 1 is 1.16 bits per heavy atom. The molecule has 7 atom stereocenters. The molecule has 3 heteroatoms. The van der Waals surface area contributed by atoms with E-state index in [0.29, 0.717) is 23.5 Å². The molecule has 3 saturated carbocycles. The molecule has 3 fully saturated rings. The van der Waals surface area contributed by atoms with Crippen LogP contribution in [-0.2, 0) is 14.3 Å². The first-order chi connectivity index (χ1) is 11.8. The molecule has 0 aromatic heterocycles. The van der Waals surface area contributed by atoms with Gasteiger partial charge in [-0.25, -0.2) is 0 Å². The molecule has 4 aliphatic carbocycles. The number of ketones is 1. The Kier molecular flexibility index (Phi) is 3.94. The zero-order valence-corrected chi connectivity index (χ0v) is 16.1. The third kappa shape index (κ3) is 2.44. The van der Waals surface area contributed by atoms with Crippen molar-refractivity contribution in [1.82, 2.24) is 0 Å². The molecule has 0 aromatic rings. The van der Waals surface area contributed by atoms with Gasteiger partial charge >= 0.3 is 5.97 Å². The molecule has 0 aromatic carbocycles. The highest BCUT2D eigenvalue weighted by atomic mass is 16.5. The Balaban J connectivity index is 1.61. The Labute approximate surface area is 151 Å². The summed E-state index contributed by atoms with van der Waals surface area (Å²) in [4.78, 5) is 24.1. The number of esters is 1. The zero-order chi connectivity index (χ0) is 18.0. The van der Waals surface area contributed by atoms with Crippen molar-refractivity contribution in [3.05, 3.63) is 11.6 Å². The van der Waals surface area contributed by atoms with Gasteiger partial charge in [-0.15, -0.1) is 0 Å². The lowest BCUT2D eigenvalue weighted by atomic mass is 9.48. The lowest BCUT2D eigenvalue weighted by Crippen LogP contribution is -2.50. The maximum atomic E-state index is 12.8. The number of hydrogen-bond donors (Lipinski definition) is 0. The molecule has 0 N–H and O–H groups in total. The summed E-state index contributed by atoms with van der Waals surface area (Å²) in [6, 6.07) is 0. The Morgan fingerprint density at radius 2 is 1.88 bits per heavy atom. The first-order valence-corrected chi connectivity index (χ1v) is 10.2. The minimum absolute atomic E-state index is 0.0651. The van der Waals surface area contributed by atoms with Crippen LogP contribution in [0.25, 0.3) is 0 Å². The maximum absolute atomic E-state index is 12.8. The van der Waals surface area contributed by atoms with Crippen molar-refractivity contribution in [2.75, 3.05) is 0 Å². The van der Waals surface area contributed by atoms with Gasteiger partial charge in [-0.1, -0.05) is 32.4 Å². The van der Waals surface area contributed by atoms with Crippen LogP contribution in [-0.4, -0.2) is 17.9 Å². The second kappa shape index (κ2) is 5.69. The van der Waals surface area contributed by atoms with Gasteiger partial charge in [0.1, 0.15) is 11.9 Å². The van der Waals surface area contributed by atoms with Gasteiger partial charge < -0.3 is 4.74 Å². The molecule has 4 rings (SSSR count). The van der Waals surface area contributed by atoms with Crippen LogP contribution < -0.4 is 0 Å². The van der Waals surface area contributed by atoms with E-state index in [0.717, 1.165) is 38.5 Å². The number of rotatable bonds is 1. The lowest BCUT2D eigenvalue weighted by Gasteiger charge is -2.56. The summed E-state index contributed by atoms with van der Waals surface area (Å²) >= 11 is 0. The molecule has 0 amide bonds. The topological polar surface area (TPSA) is 43.4 Å². The second-order valence-corrected chi connectivity index (χ2v) is 9.69. The molecule has 4 aliphatic rings. The van der Waals surface area contributed by atoms with Crippen molar-refractivity contribution in [2.45, 2.75) is 78.7 Å². The highest BCUT2D eigenvalue weighted by molar-refractivity contribution is 5.89. The van der Waals surface area contributed by atoms with Crippen molar-refractivity contribution in [3.8, 4) is 0 Å². The van der Waals surface area contributed by atoms with Gasteiger partial charge in [0.25, 0.3) is 0 Å². The number of carbonyl (C=O) groups is 2. The summed E-state index contributed by atoms with van der Waals surface area (Å²) in [7, 11) is 0. The summed E-state index contributed by atoms with van der Waals surface area (Å²) < 4.78 is 5.51. The molecule has 25 heavy (non-hydrogen) atoms. The van der Waals surface area contributed by atoms with Gasteiger partial charge in [0.15, 0.2) is 0 Å². The average molecular weight is 344 g/mol. The van der Waals surface area contributed by atoms with Gasteiger partial charge in [0.05, 0.1) is 0 Å². The molecule has 3 nitrogen and oxygen atoms in total. The minimum Gasteiger partial charge on any atom is -0.462 e. The summed E-state index contributed by atoms with van der Waals surface area (Å²) in [6.07, 6.45) is 9.98. The van der Waals surface area contributed by atoms with E-state index in [4.69, 9.17) is 4.74 Å². The minimum atomic E-state index is -0.158. The zero-order valence-electron chi connectivity index (χ0n) is 16.1. The van der Waals surface area contributed by atoms with E-state index in [9.17, 15) is 9.59 Å². The van der Waals surface area contributed by atoms with Gasteiger partial charge in [-0.05, 0) is 61.7 Å². The molecular formula is C22H32O3. The van der Waals surface area contributed by atoms with E-state index in [-0.39, 0.29) is 28.8 Å². The smallest absolute Gasteiger partial charge is 0.302 e. The molecule has 0 spiro atoms. The normalized spacial score (nSPS) is 48.9. The van der Waals surface area contributed by atoms with Gasteiger partial charge in [0, 0.05) is 24.7 Å². The largest absolute Gasteiger partial charge is 0.462 e. The summed E-state index contributed by atoms with van der Waals surface area (Å²) in [5.41, 5.74) is 1.69. The molecule has 138 valence electrons. The standard InChI is InChI=1S/C22H32O3/c1-13-11-19-17-6-5-15-12-16(25-14(2)23)7-9-21(15,3)18(17)8-10-22(19,4)20(13)24/h5,13,16-19H,6-12H2,1-4H3/t13-,16-,17-,18+,19+,21-,22+/m0/s1. The Morgan fingerprint density at radius 3 is 2.60 bits per heavy atom. The molecule has 0 bridgehead atoms. The number of allylic oxidation sites excluding steroid dienone is 1. The van der Waals surface area contributed by atoms with Crippen molar-refractivity contribution in [3.63, 3.8) is 0 Å². The van der Waals surface area contributed by atoms with E-state index in [1.54, 1.807) is 0 Å². The molecular weight excluding hydrogens is 312 g/mol. The van der Waals surface area contributed by atoms with E-state index in [1.165, 1.54) is 18.9 Å². The second-order valence-electron chi connectivity index (χ2n) is 9.69. The van der Waals surface area contributed by atoms with Crippen molar-refractivity contribution in [2.24, 2.45) is 34.5 Å². The third-order valence-corrected chi connectivity index (χ3v) is 8.40. The van der Waals surface area contributed by atoms with E-state index in [1.807, 2.05) is 0 Å². The van der Waals surface area contributed by atoms with Crippen LogP contribution >= 0.6 is 0 Å².